The summed E-state index contributed by atoms with van der Waals surface area (Å²) in [6, 6.07) is 84.9. The zero-order chi connectivity index (χ0) is 38.0. The molecule has 9 aromatic carbocycles. The average Bonchev–Trinajstić information content (AvgIpc) is 3.67. The zero-order valence-electron chi connectivity index (χ0n) is 31.4. The fraction of sp³-hybridized carbons (Fsp3) is 0.0182. The molecule has 10 aromatic rings. The van der Waals surface area contributed by atoms with Crippen molar-refractivity contribution >= 4 is 39.0 Å². The van der Waals surface area contributed by atoms with Gasteiger partial charge >= 0.3 is 0 Å². The van der Waals surface area contributed by atoms with E-state index >= 15 is 0 Å². The van der Waals surface area contributed by atoms with Crippen molar-refractivity contribution in [1.82, 2.24) is 0 Å². The standard InChI is InChI=1S/C55H39NO/c1-5-17-44(18-6-1)55(45-19-7-2-8-20-45,46-21-9-3-10-22-46)47-33-28-40(29-34-47)42-16-15-25-50(38-42)56(48-23-11-4-12-24-48)49-35-30-41(31-36-49)43-32-37-54-52(39-43)51-26-13-14-27-53(51)57-54/h1-39H. The minimum atomic E-state index is -0.488. The van der Waals surface area contributed by atoms with Gasteiger partial charge in [-0.3, -0.25) is 0 Å². The summed E-state index contributed by atoms with van der Waals surface area (Å²) in [5, 5.41) is 2.27. The van der Waals surface area contributed by atoms with Crippen LogP contribution in [-0.2, 0) is 5.41 Å². The molecule has 0 unspecified atom stereocenters. The highest BCUT2D eigenvalue weighted by atomic mass is 16.3. The lowest BCUT2D eigenvalue weighted by Gasteiger charge is -2.37. The van der Waals surface area contributed by atoms with Crippen LogP contribution in [-0.4, -0.2) is 0 Å². The summed E-state index contributed by atoms with van der Waals surface area (Å²) in [7, 11) is 0. The van der Waals surface area contributed by atoms with Crippen molar-refractivity contribution in [2.24, 2.45) is 0 Å². The van der Waals surface area contributed by atoms with Gasteiger partial charge in [-0.05, 0) is 99.1 Å². The third kappa shape index (κ3) is 6.18. The number of anilines is 3. The number of rotatable bonds is 9. The van der Waals surface area contributed by atoms with E-state index in [2.05, 4.69) is 229 Å². The molecule has 0 atom stereocenters. The molecule has 0 aliphatic rings. The van der Waals surface area contributed by atoms with Crippen LogP contribution in [0.4, 0.5) is 17.1 Å². The van der Waals surface area contributed by atoms with Gasteiger partial charge in [-0.25, -0.2) is 0 Å². The SMILES string of the molecule is c1ccc(N(c2ccc(-c3ccc4oc5ccccc5c4c3)cc2)c2cccc(-c3ccc(C(c4ccccc4)(c4ccccc4)c4ccccc4)cc3)c2)cc1. The van der Waals surface area contributed by atoms with Crippen molar-refractivity contribution in [2.45, 2.75) is 5.41 Å². The van der Waals surface area contributed by atoms with Gasteiger partial charge in [-0.2, -0.15) is 0 Å². The normalized spacial score (nSPS) is 11.5. The summed E-state index contributed by atoms with van der Waals surface area (Å²) in [4.78, 5) is 2.33. The highest BCUT2D eigenvalue weighted by molar-refractivity contribution is 6.06. The van der Waals surface area contributed by atoms with E-state index in [1.807, 2.05) is 12.1 Å². The van der Waals surface area contributed by atoms with Gasteiger partial charge < -0.3 is 9.32 Å². The van der Waals surface area contributed by atoms with Gasteiger partial charge in [0.2, 0.25) is 0 Å². The monoisotopic (exact) mass is 729 g/mol. The predicted octanol–water partition coefficient (Wildman–Crippen LogP) is 14.8. The van der Waals surface area contributed by atoms with Gasteiger partial charge in [-0.1, -0.05) is 182 Å². The molecule has 0 aliphatic heterocycles. The van der Waals surface area contributed by atoms with Crippen LogP contribution in [0.1, 0.15) is 22.3 Å². The summed E-state index contributed by atoms with van der Waals surface area (Å²) in [6.45, 7) is 0. The molecule has 270 valence electrons. The second-order valence-corrected chi connectivity index (χ2v) is 14.5. The van der Waals surface area contributed by atoms with Gasteiger partial charge in [0.05, 0.1) is 5.41 Å². The van der Waals surface area contributed by atoms with E-state index in [-0.39, 0.29) is 0 Å². The van der Waals surface area contributed by atoms with E-state index in [0.717, 1.165) is 61.3 Å². The van der Waals surface area contributed by atoms with Crippen LogP contribution < -0.4 is 4.90 Å². The Morgan fingerprint density at radius 3 is 1.33 bits per heavy atom. The van der Waals surface area contributed by atoms with E-state index in [1.54, 1.807) is 0 Å². The summed E-state index contributed by atoms with van der Waals surface area (Å²) in [5.74, 6) is 0. The Hall–Kier alpha value is -7.42. The van der Waals surface area contributed by atoms with E-state index < -0.39 is 5.41 Å². The Morgan fingerprint density at radius 2 is 0.719 bits per heavy atom. The number of para-hydroxylation sites is 2. The molecule has 1 heterocycles. The first-order valence-corrected chi connectivity index (χ1v) is 19.5. The number of benzene rings is 9. The maximum atomic E-state index is 6.10. The van der Waals surface area contributed by atoms with Crippen LogP contribution in [0.5, 0.6) is 0 Å². The Labute approximate surface area is 333 Å². The van der Waals surface area contributed by atoms with Crippen molar-refractivity contribution in [2.75, 3.05) is 4.90 Å². The molecule has 0 spiro atoms. The molecule has 0 aliphatic carbocycles. The number of furan rings is 1. The molecule has 0 radical (unpaired) electrons. The molecule has 10 rings (SSSR count). The van der Waals surface area contributed by atoms with Crippen LogP contribution in [0.25, 0.3) is 44.2 Å². The first-order valence-electron chi connectivity index (χ1n) is 19.5. The van der Waals surface area contributed by atoms with Crippen LogP contribution in [0.3, 0.4) is 0 Å². The molecule has 0 fully saturated rings. The molecule has 0 saturated heterocycles. The summed E-state index contributed by atoms with van der Waals surface area (Å²) < 4.78 is 6.10. The molecule has 2 heteroatoms. The highest BCUT2D eigenvalue weighted by Gasteiger charge is 2.38. The Bertz CT molecular complexity index is 2820. The van der Waals surface area contributed by atoms with Gasteiger partial charge in [0.25, 0.3) is 0 Å². The van der Waals surface area contributed by atoms with Crippen LogP contribution in [0.2, 0.25) is 0 Å². The lowest BCUT2D eigenvalue weighted by Crippen LogP contribution is -2.30. The first kappa shape index (κ1) is 34.1. The topological polar surface area (TPSA) is 16.4 Å². The highest BCUT2D eigenvalue weighted by Crippen LogP contribution is 2.46. The second kappa shape index (κ2) is 14.7. The van der Waals surface area contributed by atoms with Gasteiger partial charge in [0.15, 0.2) is 0 Å². The van der Waals surface area contributed by atoms with Crippen molar-refractivity contribution in [3.63, 3.8) is 0 Å². The molecule has 57 heavy (non-hydrogen) atoms. The first-order chi connectivity index (χ1) is 28.3. The molecule has 0 bridgehead atoms. The van der Waals surface area contributed by atoms with E-state index in [9.17, 15) is 0 Å². The molecular formula is C55H39NO. The maximum Gasteiger partial charge on any atom is 0.135 e. The van der Waals surface area contributed by atoms with Crippen molar-refractivity contribution in [1.29, 1.82) is 0 Å². The summed E-state index contributed by atoms with van der Waals surface area (Å²) >= 11 is 0. The lowest BCUT2D eigenvalue weighted by atomic mass is 9.65. The second-order valence-electron chi connectivity index (χ2n) is 14.5. The van der Waals surface area contributed by atoms with Crippen molar-refractivity contribution in [3.8, 4) is 22.3 Å². The number of nitrogens with zero attached hydrogens (tertiary/aromatic N) is 1. The largest absolute Gasteiger partial charge is 0.456 e. The molecule has 2 nitrogen and oxygen atoms in total. The maximum absolute atomic E-state index is 6.10. The Balaban J connectivity index is 1.03. The Kier molecular flexibility index (Phi) is 8.78. The van der Waals surface area contributed by atoms with E-state index in [0.29, 0.717) is 0 Å². The fourth-order valence-electron chi connectivity index (χ4n) is 8.53. The molecular weight excluding hydrogens is 691 g/mol. The van der Waals surface area contributed by atoms with Crippen LogP contribution in [0, 0.1) is 0 Å². The number of hydrogen-bond acceptors (Lipinski definition) is 2. The van der Waals surface area contributed by atoms with Crippen molar-refractivity contribution in [3.05, 3.63) is 259 Å². The number of hydrogen-bond donors (Lipinski definition) is 0. The average molecular weight is 730 g/mol. The molecule has 0 amide bonds. The van der Waals surface area contributed by atoms with Crippen molar-refractivity contribution < 1.29 is 4.42 Å². The molecule has 0 saturated carbocycles. The number of fused-ring (bicyclic) bond motifs is 3. The molecule has 0 N–H and O–H groups in total. The fourth-order valence-corrected chi connectivity index (χ4v) is 8.53. The van der Waals surface area contributed by atoms with Gasteiger partial charge in [0, 0.05) is 27.8 Å². The summed E-state index contributed by atoms with van der Waals surface area (Å²) in [5.41, 5.74) is 14.2. The zero-order valence-corrected chi connectivity index (χ0v) is 31.4. The Morgan fingerprint density at radius 1 is 0.281 bits per heavy atom. The minimum absolute atomic E-state index is 0.488. The third-order valence-electron chi connectivity index (χ3n) is 11.2. The third-order valence-corrected chi connectivity index (χ3v) is 11.2. The summed E-state index contributed by atoms with van der Waals surface area (Å²) in [6.07, 6.45) is 0. The van der Waals surface area contributed by atoms with Gasteiger partial charge in [-0.15, -0.1) is 0 Å². The van der Waals surface area contributed by atoms with Crippen LogP contribution in [0.15, 0.2) is 241 Å². The van der Waals surface area contributed by atoms with E-state index in [4.69, 9.17) is 4.42 Å². The van der Waals surface area contributed by atoms with E-state index in [1.165, 1.54) is 22.3 Å². The quantitative estimate of drug-likeness (QED) is 0.138. The lowest BCUT2D eigenvalue weighted by molar-refractivity contribution is 0.669. The van der Waals surface area contributed by atoms with Crippen LogP contribution >= 0.6 is 0 Å². The smallest absolute Gasteiger partial charge is 0.135 e. The molecule has 1 aromatic heterocycles. The minimum Gasteiger partial charge on any atom is -0.456 e. The van der Waals surface area contributed by atoms with Gasteiger partial charge in [0.1, 0.15) is 11.2 Å². The predicted molar refractivity (Wildman–Crippen MR) is 238 cm³/mol.